The first-order chi connectivity index (χ1) is 7.54. The van der Waals surface area contributed by atoms with E-state index in [0.717, 1.165) is 0 Å². The Balaban J connectivity index is 4.15. The third-order valence-corrected chi connectivity index (χ3v) is 2.20. The Bertz CT molecular complexity index is 224. The molecule has 0 heterocycles. The van der Waals surface area contributed by atoms with E-state index < -0.39 is 6.29 Å². The SMILES string of the molecule is COC(/C=C/C(=O)NC(CO)C(C)C)OC. The van der Waals surface area contributed by atoms with Crippen LogP contribution in [0.4, 0.5) is 0 Å². The molecule has 16 heavy (non-hydrogen) atoms. The highest BCUT2D eigenvalue weighted by atomic mass is 16.7. The molecule has 0 aliphatic carbocycles. The highest BCUT2D eigenvalue weighted by Crippen LogP contribution is 2.00. The van der Waals surface area contributed by atoms with E-state index in [1.165, 1.54) is 26.4 Å². The van der Waals surface area contributed by atoms with Gasteiger partial charge in [-0.2, -0.15) is 0 Å². The number of carbonyl (C=O) groups is 1. The van der Waals surface area contributed by atoms with Crippen molar-refractivity contribution < 1.29 is 19.4 Å². The number of hydrogen-bond acceptors (Lipinski definition) is 4. The molecule has 0 rings (SSSR count). The number of aliphatic hydroxyl groups excluding tert-OH is 1. The van der Waals surface area contributed by atoms with Crippen LogP contribution in [0.3, 0.4) is 0 Å². The topological polar surface area (TPSA) is 67.8 Å². The van der Waals surface area contributed by atoms with E-state index >= 15 is 0 Å². The van der Waals surface area contributed by atoms with Gasteiger partial charge in [0.1, 0.15) is 0 Å². The Morgan fingerprint density at radius 1 is 1.38 bits per heavy atom. The lowest BCUT2D eigenvalue weighted by Gasteiger charge is -2.18. The van der Waals surface area contributed by atoms with E-state index in [2.05, 4.69) is 5.32 Å². The van der Waals surface area contributed by atoms with E-state index in [9.17, 15) is 4.79 Å². The van der Waals surface area contributed by atoms with E-state index in [0.29, 0.717) is 0 Å². The molecular formula is C11H21NO4. The van der Waals surface area contributed by atoms with Gasteiger partial charge in [0, 0.05) is 20.3 Å². The van der Waals surface area contributed by atoms with Crippen molar-refractivity contribution in [2.24, 2.45) is 5.92 Å². The molecule has 5 nitrogen and oxygen atoms in total. The van der Waals surface area contributed by atoms with Crippen LogP contribution in [0.5, 0.6) is 0 Å². The number of ether oxygens (including phenoxy) is 2. The predicted molar refractivity (Wildman–Crippen MR) is 60.8 cm³/mol. The van der Waals surface area contributed by atoms with Gasteiger partial charge in [-0.25, -0.2) is 0 Å². The summed E-state index contributed by atoms with van der Waals surface area (Å²) in [6, 6.07) is -0.235. The molecule has 2 N–H and O–H groups in total. The second-order valence-corrected chi connectivity index (χ2v) is 3.74. The molecule has 0 aliphatic heterocycles. The standard InChI is InChI=1S/C11H21NO4/c1-8(2)9(7-13)12-10(14)5-6-11(15-3)16-4/h5-6,8-9,11,13H,7H2,1-4H3,(H,12,14)/b6-5+. The van der Waals surface area contributed by atoms with Gasteiger partial charge in [0.15, 0.2) is 6.29 Å². The largest absolute Gasteiger partial charge is 0.394 e. The average Bonchev–Trinajstić information content (AvgIpc) is 2.26. The summed E-state index contributed by atoms with van der Waals surface area (Å²) in [5.74, 6) is -0.0881. The molecule has 0 saturated carbocycles. The summed E-state index contributed by atoms with van der Waals surface area (Å²) >= 11 is 0. The smallest absolute Gasteiger partial charge is 0.244 e. The molecule has 0 aromatic rings. The van der Waals surface area contributed by atoms with Crippen molar-refractivity contribution in [1.82, 2.24) is 5.32 Å². The van der Waals surface area contributed by atoms with Crippen LogP contribution in [0, 0.1) is 5.92 Å². The van der Waals surface area contributed by atoms with Crippen LogP contribution in [0.1, 0.15) is 13.8 Å². The first-order valence-corrected chi connectivity index (χ1v) is 5.20. The number of hydrogen-bond donors (Lipinski definition) is 2. The van der Waals surface area contributed by atoms with Gasteiger partial charge in [-0.05, 0) is 12.0 Å². The van der Waals surface area contributed by atoms with Crippen molar-refractivity contribution in [2.45, 2.75) is 26.2 Å². The molecule has 0 fully saturated rings. The fourth-order valence-electron chi connectivity index (χ4n) is 1.07. The summed E-state index contributed by atoms with van der Waals surface area (Å²) in [6.45, 7) is 3.78. The molecule has 0 spiro atoms. The van der Waals surface area contributed by atoms with Crippen LogP contribution in [0.2, 0.25) is 0 Å². The molecule has 94 valence electrons. The predicted octanol–water partition coefficient (Wildman–Crippen LogP) is 0.295. The van der Waals surface area contributed by atoms with Gasteiger partial charge in [-0.15, -0.1) is 0 Å². The van der Waals surface area contributed by atoms with Crippen molar-refractivity contribution in [3.05, 3.63) is 12.2 Å². The molecule has 1 amide bonds. The molecule has 5 heteroatoms. The number of methoxy groups -OCH3 is 2. The van der Waals surface area contributed by atoms with Crippen LogP contribution in [0.25, 0.3) is 0 Å². The Morgan fingerprint density at radius 3 is 2.31 bits per heavy atom. The van der Waals surface area contributed by atoms with Crippen LogP contribution in [0.15, 0.2) is 12.2 Å². The number of amides is 1. The second-order valence-electron chi connectivity index (χ2n) is 3.74. The van der Waals surface area contributed by atoms with Gasteiger partial charge >= 0.3 is 0 Å². The lowest BCUT2D eigenvalue weighted by Crippen LogP contribution is -2.40. The van der Waals surface area contributed by atoms with Crippen molar-refractivity contribution in [1.29, 1.82) is 0 Å². The Kier molecular flexibility index (Phi) is 7.80. The summed E-state index contributed by atoms with van der Waals surface area (Å²) in [7, 11) is 2.97. The zero-order valence-corrected chi connectivity index (χ0v) is 10.3. The zero-order valence-electron chi connectivity index (χ0n) is 10.3. The first-order valence-electron chi connectivity index (χ1n) is 5.20. The summed E-state index contributed by atoms with van der Waals surface area (Å²) in [5, 5.41) is 11.7. The maximum atomic E-state index is 11.4. The maximum Gasteiger partial charge on any atom is 0.244 e. The average molecular weight is 231 g/mol. The maximum absolute atomic E-state index is 11.4. The summed E-state index contributed by atoms with van der Waals surface area (Å²) in [5.41, 5.74) is 0. The van der Waals surface area contributed by atoms with Crippen LogP contribution in [-0.2, 0) is 14.3 Å². The third kappa shape index (κ3) is 5.85. The number of nitrogens with one attached hydrogen (secondary N) is 1. The summed E-state index contributed by atoms with van der Waals surface area (Å²) < 4.78 is 9.78. The fourth-order valence-corrected chi connectivity index (χ4v) is 1.07. The minimum absolute atomic E-state index is 0.0742. The van der Waals surface area contributed by atoms with Crippen LogP contribution < -0.4 is 5.32 Å². The zero-order chi connectivity index (χ0) is 12.6. The van der Waals surface area contributed by atoms with Gasteiger partial charge in [0.2, 0.25) is 5.91 Å². The van der Waals surface area contributed by atoms with Gasteiger partial charge < -0.3 is 19.9 Å². The van der Waals surface area contributed by atoms with Crippen LogP contribution in [-0.4, -0.2) is 44.2 Å². The second kappa shape index (κ2) is 8.27. The molecule has 1 unspecified atom stereocenters. The monoisotopic (exact) mass is 231 g/mol. The van der Waals surface area contributed by atoms with Crippen molar-refractivity contribution >= 4 is 5.91 Å². The highest BCUT2D eigenvalue weighted by molar-refractivity contribution is 5.87. The molecular weight excluding hydrogens is 210 g/mol. The fraction of sp³-hybridized carbons (Fsp3) is 0.727. The van der Waals surface area contributed by atoms with E-state index in [4.69, 9.17) is 14.6 Å². The van der Waals surface area contributed by atoms with Gasteiger partial charge in [0.05, 0.1) is 12.6 Å². The number of carbonyl (C=O) groups excluding carboxylic acids is 1. The van der Waals surface area contributed by atoms with Gasteiger partial charge in [-0.3, -0.25) is 4.79 Å². The lowest BCUT2D eigenvalue weighted by molar-refractivity contribution is -0.118. The van der Waals surface area contributed by atoms with Gasteiger partial charge in [0.25, 0.3) is 0 Å². The molecule has 0 aromatic carbocycles. The summed E-state index contributed by atoms with van der Waals surface area (Å²) in [4.78, 5) is 11.4. The minimum Gasteiger partial charge on any atom is -0.394 e. The van der Waals surface area contributed by atoms with Crippen LogP contribution >= 0.6 is 0 Å². The quantitative estimate of drug-likeness (QED) is 0.488. The normalized spacial score (nSPS) is 13.7. The third-order valence-electron chi connectivity index (χ3n) is 2.20. The first kappa shape index (κ1) is 15.1. The van der Waals surface area contributed by atoms with Crippen molar-refractivity contribution in [3.8, 4) is 0 Å². The van der Waals surface area contributed by atoms with Crippen molar-refractivity contribution in [3.63, 3.8) is 0 Å². The highest BCUT2D eigenvalue weighted by Gasteiger charge is 2.13. The van der Waals surface area contributed by atoms with Gasteiger partial charge in [-0.1, -0.05) is 13.8 Å². The summed E-state index contributed by atoms with van der Waals surface area (Å²) in [6.07, 6.45) is 2.31. The molecule has 0 bridgehead atoms. The van der Waals surface area contributed by atoms with E-state index in [1.54, 1.807) is 0 Å². The molecule has 0 radical (unpaired) electrons. The molecule has 1 atom stereocenters. The minimum atomic E-state index is -0.530. The molecule has 0 aliphatic rings. The molecule has 0 saturated heterocycles. The van der Waals surface area contributed by atoms with Crippen molar-refractivity contribution in [2.75, 3.05) is 20.8 Å². The Morgan fingerprint density at radius 2 is 1.94 bits per heavy atom. The number of rotatable bonds is 7. The van der Waals surface area contributed by atoms with E-state index in [-0.39, 0.29) is 24.5 Å². The lowest BCUT2D eigenvalue weighted by atomic mass is 10.1. The molecule has 0 aromatic heterocycles. The Hall–Kier alpha value is -0.910. The number of aliphatic hydroxyl groups is 1. The Labute approximate surface area is 96.4 Å². The van der Waals surface area contributed by atoms with E-state index in [1.807, 2.05) is 13.8 Å².